The molecule has 2 heterocycles. The third-order valence-electron chi connectivity index (χ3n) is 2.97. The van der Waals surface area contributed by atoms with Gasteiger partial charge in [0.1, 0.15) is 18.0 Å². The molecule has 4 N–H and O–H groups in total. The minimum atomic E-state index is 0.285. The second-order valence-electron chi connectivity index (χ2n) is 4.85. The lowest BCUT2D eigenvalue weighted by atomic mass is 10.3. The molecule has 0 unspecified atom stereocenters. The molecule has 0 aliphatic carbocycles. The molecule has 0 saturated carbocycles. The predicted molar refractivity (Wildman–Crippen MR) is 75.0 cm³/mol. The summed E-state index contributed by atoms with van der Waals surface area (Å²) in [6.07, 6.45) is 3.34. The maximum absolute atomic E-state index is 6.04. The molecule has 0 bridgehead atoms. The van der Waals surface area contributed by atoms with E-state index in [1.54, 1.807) is 0 Å². The maximum Gasteiger partial charge on any atom is 0.148 e. The lowest BCUT2D eigenvalue weighted by Gasteiger charge is -2.13. The minimum absolute atomic E-state index is 0.285. The summed E-state index contributed by atoms with van der Waals surface area (Å²) in [7, 11) is 0. The van der Waals surface area contributed by atoms with Gasteiger partial charge >= 0.3 is 0 Å². The second kappa shape index (κ2) is 5.73. The Balaban J connectivity index is 1.92. The summed E-state index contributed by atoms with van der Waals surface area (Å²) < 4.78 is 1.93. The Morgan fingerprint density at radius 1 is 1.47 bits per heavy atom. The first-order valence-corrected chi connectivity index (χ1v) is 6.52. The number of hydrogen-bond acceptors (Lipinski definition) is 5. The molecule has 0 amide bonds. The van der Waals surface area contributed by atoms with Gasteiger partial charge in [-0.1, -0.05) is 0 Å². The standard InChI is InChI=1S/C12H21N7/c1-8(2)19-12(11(13)9(3)18-19)14-6-4-5-10-15-7-16-17-10/h7-8,14H,4-6,13H2,1-3H3,(H,15,16,17). The first kappa shape index (κ1) is 13.4. The van der Waals surface area contributed by atoms with Gasteiger partial charge in [0.25, 0.3) is 0 Å². The highest BCUT2D eigenvalue weighted by atomic mass is 15.4. The van der Waals surface area contributed by atoms with Crippen LogP contribution in [0.3, 0.4) is 0 Å². The number of aromatic nitrogens is 5. The average molecular weight is 263 g/mol. The first-order valence-electron chi connectivity index (χ1n) is 6.52. The number of nitrogen functional groups attached to an aromatic ring is 1. The van der Waals surface area contributed by atoms with Crippen molar-refractivity contribution in [2.45, 2.75) is 39.7 Å². The summed E-state index contributed by atoms with van der Waals surface area (Å²) >= 11 is 0. The largest absolute Gasteiger partial charge is 0.394 e. The lowest BCUT2D eigenvalue weighted by Crippen LogP contribution is -2.12. The molecule has 0 radical (unpaired) electrons. The second-order valence-corrected chi connectivity index (χ2v) is 4.85. The summed E-state index contributed by atoms with van der Waals surface area (Å²) in [5, 5.41) is 14.5. The van der Waals surface area contributed by atoms with E-state index in [0.29, 0.717) is 0 Å². The fraction of sp³-hybridized carbons (Fsp3) is 0.583. The number of aryl methyl sites for hydroxylation is 2. The molecule has 0 aliphatic heterocycles. The summed E-state index contributed by atoms with van der Waals surface area (Å²) in [6.45, 7) is 6.92. The quantitative estimate of drug-likeness (QED) is 0.686. The molecular weight excluding hydrogens is 242 g/mol. The third-order valence-corrected chi connectivity index (χ3v) is 2.97. The number of hydrogen-bond donors (Lipinski definition) is 3. The molecule has 2 aromatic heterocycles. The number of nitrogens with one attached hydrogen (secondary N) is 2. The highest BCUT2D eigenvalue weighted by Crippen LogP contribution is 2.25. The molecular formula is C12H21N7. The molecule has 7 heteroatoms. The molecule has 0 fully saturated rings. The van der Waals surface area contributed by atoms with Gasteiger partial charge < -0.3 is 11.1 Å². The van der Waals surface area contributed by atoms with E-state index in [1.807, 2.05) is 11.6 Å². The van der Waals surface area contributed by atoms with Gasteiger partial charge in [-0.25, -0.2) is 9.67 Å². The van der Waals surface area contributed by atoms with Crippen LogP contribution in [-0.2, 0) is 6.42 Å². The molecule has 104 valence electrons. The van der Waals surface area contributed by atoms with Gasteiger partial charge in [-0.15, -0.1) is 0 Å². The van der Waals surface area contributed by atoms with Crippen molar-refractivity contribution in [3.8, 4) is 0 Å². The van der Waals surface area contributed by atoms with Gasteiger partial charge in [0.2, 0.25) is 0 Å². The van der Waals surface area contributed by atoms with Crippen molar-refractivity contribution in [2.24, 2.45) is 0 Å². The van der Waals surface area contributed by atoms with Gasteiger partial charge in [0.05, 0.1) is 11.4 Å². The fourth-order valence-corrected chi connectivity index (χ4v) is 1.92. The highest BCUT2D eigenvalue weighted by Gasteiger charge is 2.13. The molecule has 0 spiro atoms. The molecule has 0 saturated heterocycles. The maximum atomic E-state index is 6.04. The topological polar surface area (TPSA) is 97.4 Å². The van der Waals surface area contributed by atoms with Gasteiger partial charge in [-0.3, -0.25) is 5.10 Å². The van der Waals surface area contributed by atoms with Gasteiger partial charge in [0.15, 0.2) is 0 Å². The van der Waals surface area contributed by atoms with Gasteiger partial charge in [-0.2, -0.15) is 10.2 Å². The van der Waals surface area contributed by atoms with Gasteiger partial charge in [0, 0.05) is 19.0 Å². The van der Waals surface area contributed by atoms with Crippen molar-refractivity contribution in [3.05, 3.63) is 17.8 Å². The first-order chi connectivity index (χ1) is 9.09. The molecule has 0 aromatic carbocycles. The highest BCUT2D eigenvalue weighted by molar-refractivity contribution is 5.64. The Hall–Kier alpha value is -2.05. The van der Waals surface area contributed by atoms with E-state index in [9.17, 15) is 0 Å². The Labute approximate surface area is 112 Å². The van der Waals surface area contributed by atoms with E-state index in [1.165, 1.54) is 6.33 Å². The van der Waals surface area contributed by atoms with Crippen LogP contribution in [0.5, 0.6) is 0 Å². The van der Waals surface area contributed by atoms with Crippen LogP contribution >= 0.6 is 0 Å². The van der Waals surface area contributed by atoms with E-state index < -0.39 is 0 Å². The molecule has 2 aromatic rings. The number of nitrogens with two attached hydrogens (primary N) is 1. The molecule has 19 heavy (non-hydrogen) atoms. The van der Waals surface area contributed by atoms with Crippen molar-refractivity contribution >= 4 is 11.5 Å². The number of anilines is 2. The summed E-state index contributed by atoms with van der Waals surface area (Å²) in [4.78, 5) is 4.09. The zero-order valence-electron chi connectivity index (χ0n) is 11.6. The van der Waals surface area contributed by atoms with E-state index >= 15 is 0 Å². The summed E-state index contributed by atoms with van der Waals surface area (Å²) in [5.74, 6) is 1.81. The van der Waals surface area contributed by atoms with Crippen molar-refractivity contribution in [1.29, 1.82) is 0 Å². The van der Waals surface area contributed by atoms with Crippen LogP contribution in [-0.4, -0.2) is 31.5 Å². The summed E-state index contributed by atoms with van der Waals surface area (Å²) in [6, 6.07) is 0.285. The van der Waals surface area contributed by atoms with Crippen LogP contribution in [0.25, 0.3) is 0 Å². The van der Waals surface area contributed by atoms with Crippen LogP contribution in [0.4, 0.5) is 11.5 Å². The zero-order chi connectivity index (χ0) is 13.8. The van der Waals surface area contributed by atoms with Crippen LogP contribution in [0, 0.1) is 6.92 Å². The van der Waals surface area contributed by atoms with Crippen molar-refractivity contribution in [1.82, 2.24) is 25.0 Å². The number of rotatable bonds is 6. The van der Waals surface area contributed by atoms with Crippen molar-refractivity contribution in [3.63, 3.8) is 0 Å². The zero-order valence-corrected chi connectivity index (χ0v) is 11.6. The smallest absolute Gasteiger partial charge is 0.148 e. The third kappa shape index (κ3) is 3.04. The van der Waals surface area contributed by atoms with Crippen molar-refractivity contribution < 1.29 is 0 Å². The molecule has 7 nitrogen and oxygen atoms in total. The Morgan fingerprint density at radius 2 is 2.26 bits per heavy atom. The van der Waals surface area contributed by atoms with Gasteiger partial charge in [-0.05, 0) is 27.2 Å². The van der Waals surface area contributed by atoms with E-state index in [4.69, 9.17) is 5.73 Å². The van der Waals surface area contributed by atoms with Crippen LogP contribution < -0.4 is 11.1 Å². The Morgan fingerprint density at radius 3 is 2.89 bits per heavy atom. The number of aromatic amines is 1. The van der Waals surface area contributed by atoms with Crippen LogP contribution in [0.15, 0.2) is 6.33 Å². The van der Waals surface area contributed by atoms with E-state index in [-0.39, 0.29) is 6.04 Å². The van der Waals surface area contributed by atoms with E-state index in [2.05, 4.69) is 39.4 Å². The van der Waals surface area contributed by atoms with Crippen LogP contribution in [0.1, 0.15) is 37.8 Å². The van der Waals surface area contributed by atoms with Crippen LogP contribution in [0.2, 0.25) is 0 Å². The molecule has 0 aliphatic rings. The average Bonchev–Trinajstić information content (AvgIpc) is 2.97. The van der Waals surface area contributed by atoms with E-state index in [0.717, 1.165) is 42.4 Å². The number of H-pyrrole nitrogens is 1. The number of nitrogens with zero attached hydrogens (tertiary/aromatic N) is 4. The summed E-state index contributed by atoms with van der Waals surface area (Å²) in [5.41, 5.74) is 7.64. The lowest BCUT2D eigenvalue weighted by molar-refractivity contribution is 0.534. The molecule has 0 atom stereocenters. The van der Waals surface area contributed by atoms with Crippen molar-refractivity contribution in [2.75, 3.05) is 17.6 Å². The normalized spacial score (nSPS) is 11.2. The SMILES string of the molecule is Cc1nn(C(C)C)c(NCCCc2ncn[nH]2)c1N. The molecule has 2 rings (SSSR count). The fourth-order valence-electron chi connectivity index (χ4n) is 1.92. The monoisotopic (exact) mass is 263 g/mol. The predicted octanol–water partition coefficient (Wildman–Crippen LogP) is 1.52. The Kier molecular flexibility index (Phi) is 4.03. The Bertz CT molecular complexity index is 512. The minimum Gasteiger partial charge on any atom is -0.394 e.